The third-order valence-corrected chi connectivity index (χ3v) is 5.91. The summed E-state index contributed by atoms with van der Waals surface area (Å²) in [5, 5.41) is 3.03. The number of nitrogens with one attached hydrogen (secondary N) is 1. The Balaban J connectivity index is 1.28. The van der Waals surface area contributed by atoms with E-state index in [9.17, 15) is 18.0 Å². The van der Waals surface area contributed by atoms with Crippen molar-refractivity contribution in [1.29, 1.82) is 0 Å². The first-order valence-corrected chi connectivity index (χ1v) is 11.2. The van der Waals surface area contributed by atoms with Crippen LogP contribution in [-0.2, 0) is 19.0 Å². The summed E-state index contributed by atoms with van der Waals surface area (Å²) in [5.41, 5.74) is 3.73. The van der Waals surface area contributed by atoms with Crippen molar-refractivity contribution in [1.82, 2.24) is 20.3 Å². The first-order chi connectivity index (χ1) is 16.4. The van der Waals surface area contributed by atoms with Gasteiger partial charge in [0, 0.05) is 36.7 Å². The molecule has 1 aromatic carbocycles. The smallest absolute Gasteiger partial charge is 0.348 e. The molecule has 0 saturated heterocycles. The fourth-order valence-corrected chi connectivity index (χ4v) is 4.05. The number of rotatable bonds is 6. The molecule has 0 aliphatic heterocycles. The van der Waals surface area contributed by atoms with Gasteiger partial charge in [0.25, 0.3) is 5.91 Å². The molecule has 2 aromatic heterocycles. The minimum Gasteiger partial charge on any atom is -0.348 e. The second-order valence-electron chi connectivity index (χ2n) is 8.44. The van der Waals surface area contributed by atoms with Gasteiger partial charge in [-0.15, -0.1) is 0 Å². The highest BCUT2D eigenvalue weighted by molar-refractivity contribution is 5.92. The second kappa shape index (κ2) is 10.6. The van der Waals surface area contributed by atoms with Crippen LogP contribution in [0.2, 0.25) is 0 Å². The number of hydrogen-bond donors (Lipinski definition) is 1. The van der Waals surface area contributed by atoms with Gasteiger partial charge < -0.3 is 5.32 Å². The summed E-state index contributed by atoms with van der Waals surface area (Å²) < 4.78 is 38.1. The van der Waals surface area contributed by atoms with Crippen LogP contribution in [0.15, 0.2) is 72.8 Å². The Kier molecular flexibility index (Phi) is 7.35. The second-order valence-corrected chi connectivity index (χ2v) is 8.44. The fourth-order valence-electron chi connectivity index (χ4n) is 4.05. The van der Waals surface area contributed by atoms with Gasteiger partial charge in [-0.2, -0.15) is 13.2 Å². The molecule has 4 rings (SSSR count). The Morgan fingerprint density at radius 3 is 2.50 bits per heavy atom. The summed E-state index contributed by atoms with van der Waals surface area (Å²) in [7, 11) is 0. The van der Waals surface area contributed by atoms with Crippen LogP contribution in [0.1, 0.15) is 58.6 Å². The third-order valence-electron chi connectivity index (χ3n) is 5.91. The molecule has 1 N–H and O–H groups in total. The van der Waals surface area contributed by atoms with E-state index in [2.05, 4.69) is 32.4 Å². The molecule has 2 heterocycles. The van der Waals surface area contributed by atoms with Gasteiger partial charge in [0.1, 0.15) is 5.69 Å². The van der Waals surface area contributed by atoms with Crippen LogP contribution in [0.5, 0.6) is 0 Å². The molecular weight excluding hydrogens is 441 g/mol. The summed E-state index contributed by atoms with van der Waals surface area (Å²) >= 11 is 0. The first kappa shape index (κ1) is 23.6. The average Bonchev–Trinajstić information content (AvgIpc) is 2.84. The number of carbonyl (C=O) groups is 1. The molecule has 1 amide bonds. The molecule has 5 nitrogen and oxygen atoms in total. The van der Waals surface area contributed by atoms with Crippen molar-refractivity contribution in [3.8, 4) is 0 Å². The summed E-state index contributed by atoms with van der Waals surface area (Å²) in [6, 6.07) is 10.7. The van der Waals surface area contributed by atoms with Crippen LogP contribution < -0.4 is 5.32 Å². The minimum absolute atomic E-state index is 0.131. The molecule has 0 unspecified atom stereocenters. The molecule has 1 aliphatic carbocycles. The van der Waals surface area contributed by atoms with Crippen LogP contribution in [0.25, 0.3) is 0 Å². The molecule has 1 saturated carbocycles. The minimum atomic E-state index is -4.37. The highest BCUT2D eigenvalue weighted by Crippen LogP contribution is 2.28. The van der Waals surface area contributed by atoms with Gasteiger partial charge in [0.15, 0.2) is 0 Å². The molecule has 3 aromatic rings. The molecule has 0 spiro atoms. The van der Waals surface area contributed by atoms with Gasteiger partial charge in [-0.05, 0) is 55.4 Å². The SMILES string of the molecule is O=C(NC1CCC(=CCc2cccc(Cc3ccc(C(F)(F)F)cn3)c2)CC1)c1cnccn1. The van der Waals surface area contributed by atoms with E-state index in [0.29, 0.717) is 17.8 Å². The van der Waals surface area contributed by atoms with Gasteiger partial charge in [-0.3, -0.25) is 14.8 Å². The lowest BCUT2D eigenvalue weighted by Crippen LogP contribution is -2.37. The van der Waals surface area contributed by atoms with E-state index in [1.165, 1.54) is 30.2 Å². The van der Waals surface area contributed by atoms with Crippen LogP contribution in [0.3, 0.4) is 0 Å². The zero-order chi connectivity index (χ0) is 24.0. The number of amides is 1. The summed E-state index contributed by atoms with van der Waals surface area (Å²) in [6.45, 7) is 0. The predicted molar refractivity (Wildman–Crippen MR) is 122 cm³/mol. The molecule has 34 heavy (non-hydrogen) atoms. The van der Waals surface area contributed by atoms with E-state index in [4.69, 9.17) is 0 Å². The van der Waals surface area contributed by atoms with Crippen molar-refractivity contribution < 1.29 is 18.0 Å². The van der Waals surface area contributed by atoms with Crippen molar-refractivity contribution in [3.05, 3.63) is 101 Å². The van der Waals surface area contributed by atoms with Crippen LogP contribution in [0.4, 0.5) is 13.2 Å². The quantitative estimate of drug-likeness (QED) is 0.499. The van der Waals surface area contributed by atoms with Gasteiger partial charge >= 0.3 is 6.18 Å². The van der Waals surface area contributed by atoms with Crippen molar-refractivity contribution >= 4 is 5.91 Å². The maximum Gasteiger partial charge on any atom is 0.417 e. The van der Waals surface area contributed by atoms with E-state index in [1.807, 2.05) is 18.2 Å². The van der Waals surface area contributed by atoms with E-state index in [0.717, 1.165) is 55.5 Å². The number of pyridine rings is 1. The maximum atomic E-state index is 12.7. The molecule has 8 heteroatoms. The number of hydrogen-bond acceptors (Lipinski definition) is 4. The third kappa shape index (κ3) is 6.50. The molecule has 0 atom stereocenters. The average molecular weight is 467 g/mol. The van der Waals surface area contributed by atoms with Crippen molar-refractivity contribution in [2.75, 3.05) is 0 Å². The first-order valence-electron chi connectivity index (χ1n) is 11.2. The largest absolute Gasteiger partial charge is 0.417 e. The Bertz CT molecular complexity index is 1130. The van der Waals surface area contributed by atoms with E-state index < -0.39 is 11.7 Å². The number of alkyl halides is 3. The molecule has 1 fully saturated rings. The van der Waals surface area contributed by atoms with Crippen LogP contribution in [-0.4, -0.2) is 26.9 Å². The lowest BCUT2D eigenvalue weighted by atomic mass is 9.89. The number of benzene rings is 1. The molecular formula is C26H25F3N4O. The normalized spacial score (nSPS) is 16.2. The summed E-state index contributed by atoms with van der Waals surface area (Å²) in [4.78, 5) is 24.2. The monoisotopic (exact) mass is 466 g/mol. The lowest BCUT2D eigenvalue weighted by molar-refractivity contribution is -0.137. The zero-order valence-corrected chi connectivity index (χ0v) is 18.6. The number of carbonyl (C=O) groups excluding carboxylic acids is 1. The molecule has 1 aliphatic rings. The van der Waals surface area contributed by atoms with Gasteiger partial charge in [0.05, 0.1) is 11.8 Å². The molecule has 176 valence electrons. The van der Waals surface area contributed by atoms with Gasteiger partial charge in [-0.1, -0.05) is 35.9 Å². The van der Waals surface area contributed by atoms with Gasteiger partial charge in [-0.25, -0.2) is 4.98 Å². The molecule has 0 radical (unpaired) electrons. The van der Waals surface area contributed by atoms with E-state index in [-0.39, 0.29) is 11.9 Å². The Labute approximate surface area is 196 Å². The van der Waals surface area contributed by atoms with Crippen molar-refractivity contribution in [2.45, 2.75) is 50.7 Å². The number of aromatic nitrogens is 3. The van der Waals surface area contributed by atoms with Crippen LogP contribution >= 0.6 is 0 Å². The van der Waals surface area contributed by atoms with Crippen molar-refractivity contribution in [2.24, 2.45) is 0 Å². The standard InChI is InChI=1S/C26H25F3N4O/c27-26(28,29)21-8-11-23(32-16-21)15-20-3-1-2-19(14-20)5-4-18-6-9-22(10-7-18)33-25(34)24-17-30-12-13-31-24/h1-4,8,11-14,16-17,22H,5-7,9-10,15H2,(H,33,34). The highest BCUT2D eigenvalue weighted by atomic mass is 19.4. The van der Waals surface area contributed by atoms with Crippen molar-refractivity contribution in [3.63, 3.8) is 0 Å². The predicted octanol–water partition coefficient (Wildman–Crippen LogP) is 5.32. The Morgan fingerprint density at radius 2 is 1.82 bits per heavy atom. The molecule has 0 bridgehead atoms. The lowest BCUT2D eigenvalue weighted by Gasteiger charge is -2.25. The number of nitrogens with zero attached hydrogens (tertiary/aromatic N) is 3. The summed E-state index contributed by atoms with van der Waals surface area (Å²) in [6.07, 6.45) is 8.17. The Morgan fingerprint density at radius 1 is 1.03 bits per heavy atom. The van der Waals surface area contributed by atoms with E-state index in [1.54, 1.807) is 0 Å². The number of allylic oxidation sites excluding steroid dienone is 2. The Hall–Kier alpha value is -3.55. The maximum absolute atomic E-state index is 12.7. The van der Waals surface area contributed by atoms with Crippen LogP contribution in [0, 0.1) is 0 Å². The van der Waals surface area contributed by atoms with E-state index >= 15 is 0 Å². The summed E-state index contributed by atoms with van der Waals surface area (Å²) in [5.74, 6) is -0.190. The zero-order valence-electron chi connectivity index (χ0n) is 18.6. The number of halogens is 3. The van der Waals surface area contributed by atoms with Gasteiger partial charge in [0.2, 0.25) is 0 Å². The highest BCUT2D eigenvalue weighted by Gasteiger charge is 2.30. The topological polar surface area (TPSA) is 67.8 Å². The fraction of sp³-hybridized carbons (Fsp3) is 0.308.